The van der Waals surface area contributed by atoms with Gasteiger partial charge in [-0.15, -0.1) is 0 Å². The fourth-order valence-corrected chi connectivity index (χ4v) is 3.72. The number of carbonyl (C=O) groups is 2. The van der Waals surface area contributed by atoms with E-state index in [2.05, 4.69) is 15.2 Å². The van der Waals surface area contributed by atoms with E-state index in [0.717, 1.165) is 28.3 Å². The van der Waals surface area contributed by atoms with Gasteiger partial charge in [-0.05, 0) is 48.0 Å². The van der Waals surface area contributed by atoms with Crippen molar-refractivity contribution in [3.63, 3.8) is 0 Å². The molecule has 1 saturated heterocycles. The van der Waals surface area contributed by atoms with Gasteiger partial charge in [0.2, 0.25) is 11.8 Å². The molecule has 0 spiro atoms. The predicted molar refractivity (Wildman–Crippen MR) is 125 cm³/mol. The third-order valence-electron chi connectivity index (χ3n) is 5.49. The molecule has 0 bridgehead atoms. The Labute approximate surface area is 192 Å². The van der Waals surface area contributed by atoms with Gasteiger partial charge >= 0.3 is 0 Å². The highest BCUT2D eigenvalue weighted by atomic mass is 16.5. The number of morpholine rings is 1. The number of hydrogen-bond acceptors (Lipinski definition) is 6. The number of hydrogen-bond donors (Lipinski definition) is 2. The van der Waals surface area contributed by atoms with Crippen LogP contribution < -0.4 is 15.8 Å². The first-order chi connectivity index (χ1) is 16.0. The molecule has 0 aliphatic carbocycles. The van der Waals surface area contributed by atoms with Crippen molar-refractivity contribution in [3.05, 3.63) is 78.1 Å². The highest BCUT2D eigenvalue weighted by Crippen LogP contribution is 2.25. The number of nitrogens with one attached hydrogen (secondary N) is 1. The molecule has 8 heteroatoms. The highest BCUT2D eigenvalue weighted by Gasteiger charge is 2.24. The topological polar surface area (TPSA) is 107 Å². The number of rotatable bonds is 7. The van der Waals surface area contributed by atoms with Gasteiger partial charge in [0.25, 0.3) is 0 Å². The number of anilines is 1. The van der Waals surface area contributed by atoms with Crippen molar-refractivity contribution in [2.75, 3.05) is 38.7 Å². The van der Waals surface area contributed by atoms with E-state index in [1.54, 1.807) is 43.6 Å². The Morgan fingerprint density at radius 1 is 1.15 bits per heavy atom. The Bertz CT molecular complexity index is 1120. The molecule has 2 aromatic carbocycles. The molecule has 3 N–H and O–H groups in total. The van der Waals surface area contributed by atoms with Crippen molar-refractivity contribution < 1.29 is 19.1 Å². The van der Waals surface area contributed by atoms with Crippen molar-refractivity contribution in [2.24, 2.45) is 5.73 Å². The third-order valence-corrected chi connectivity index (χ3v) is 5.49. The zero-order valence-electron chi connectivity index (χ0n) is 18.4. The van der Waals surface area contributed by atoms with Gasteiger partial charge in [-0.25, -0.2) is 0 Å². The van der Waals surface area contributed by atoms with Gasteiger partial charge in [0.05, 0.1) is 26.0 Å². The second-order valence-electron chi connectivity index (χ2n) is 7.79. The van der Waals surface area contributed by atoms with E-state index in [1.807, 2.05) is 30.3 Å². The summed E-state index contributed by atoms with van der Waals surface area (Å²) in [5.41, 5.74) is 9.10. The highest BCUT2D eigenvalue weighted by molar-refractivity contribution is 5.94. The Morgan fingerprint density at radius 2 is 1.97 bits per heavy atom. The van der Waals surface area contributed by atoms with Crippen LogP contribution in [-0.4, -0.2) is 55.0 Å². The molecule has 3 aromatic rings. The molecule has 2 amide bonds. The number of carbonyl (C=O) groups excluding carboxylic acids is 2. The lowest BCUT2D eigenvalue weighted by molar-refractivity contribution is -0.119. The molecular formula is C25H26N4O4. The minimum atomic E-state index is -0.465. The van der Waals surface area contributed by atoms with Gasteiger partial charge in [0.15, 0.2) is 0 Å². The molecule has 2 heterocycles. The first-order valence-electron chi connectivity index (χ1n) is 10.7. The summed E-state index contributed by atoms with van der Waals surface area (Å²) in [5, 5.41) is 2.91. The van der Waals surface area contributed by atoms with E-state index in [9.17, 15) is 9.59 Å². The Kier molecular flexibility index (Phi) is 6.97. The van der Waals surface area contributed by atoms with Crippen LogP contribution in [0.3, 0.4) is 0 Å². The van der Waals surface area contributed by atoms with E-state index < -0.39 is 5.91 Å². The smallest absolute Gasteiger partial charge is 0.248 e. The van der Waals surface area contributed by atoms with Crippen molar-refractivity contribution in [1.29, 1.82) is 0 Å². The number of methoxy groups -OCH3 is 1. The molecule has 33 heavy (non-hydrogen) atoms. The average Bonchev–Trinajstić information content (AvgIpc) is 2.85. The summed E-state index contributed by atoms with van der Waals surface area (Å²) in [6.45, 7) is 2.03. The standard InChI is InChI=1S/C25H26N4O4/c1-32-21-8-6-20(7-9-21)28-24(30)16-29-11-12-33-23(15-29)22-10-5-19(14-27-22)17-3-2-4-18(13-17)25(26)31/h2-10,13-14,23H,11-12,15-16H2,1H3,(H2,26,31)(H,28,30)/t23-/m0/s1. The maximum atomic E-state index is 12.5. The largest absolute Gasteiger partial charge is 0.497 e. The molecule has 0 unspecified atom stereocenters. The van der Waals surface area contributed by atoms with Crippen LogP contribution in [0, 0.1) is 0 Å². The number of aromatic nitrogens is 1. The number of benzene rings is 2. The van der Waals surface area contributed by atoms with Crippen LogP contribution in [0.15, 0.2) is 66.9 Å². The molecule has 1 atom stereocenters. The monoisotopic (exact) mass is 446 g/mol. The molecule has 170 valence electrons. The van der Waals surface area contributed by atoms with Crippen LogP contribution >= 0.6 is 0 Å². The van der Waals surface area contributed by atoms with Crippen molar-refractivity contribution in [1.82, 2.24) is 9.88 Å². The van der Waals surface area contributed by atoms with Gasteiger partial charge in [0.1, 0.15) is 11.9 Å². The van der Waals surface area contributed by atoms with Gasteiger partial charge in [-0.2, -0.15) is 0 Å². The molecule has 0 saturated carbocycles. The number of pyridine rings is 1. The number of ether oxygens (including phenoxy) is 2. The number of amides is 2. The van der Waals surface area contributed by atoms with Gasteiger partial charge in [-0.1, -0.05) is 18.2 Å². The summed E-state index contributed by atoms with van der Waals surface area (Å²) in [6.07, 6.45) is 1.53. The van der Waals surface area contributed by atoms with E-state index in [4.69, 9.17) is 15.2 Å². The molecule has 1 aliphatic rings. The summed E-state index contributed by atoms with van der Waals surface area (Å²) >= 11 is 0. The van der Waals surface area contributed by atoms with Gasteiger partial charge in [-0.3, -0.25) is 19.5 Å². The molecule has 1 fully saturated rings. The normalized spacial score (nSPS) is 16.2. The molecule has 1 aromatic heterocycles. The second-order valence-corrected chi connectivity index (χ2v) is 7.79. The first-order valence-corrected chi connectivity index (χ1v) is 10.7. The predicted octanol–water partition coefficient (Wildman–Crippen LogP) is 2.87. The fourth-order valence-electron chi connectivity index (χ4n) is 3.72. The Morgan fingerprint density at radius 3 is 2.67 bits per heavy atom. The summed E-state index contributed by atoms with van der Waals surface area (Å²) in [6, 6.07) is 18.2. The van der Waals surface area contributed by atoms with E-state index in [-0.39, 0.29) is 18.6 Å². The fraction of sp³-hybridized carbons (Fsp3) is 0.240. The zero-order chi connectivity index (χ0) is 23.2. The average molecular weight is 447 g/mol. The molecule has 1 aliphatic heterocycles. The molecule has 0 radical (unpaired) electrons. The zero-order valence-corrected chi connectivity index (χ0v) is 18.4. The second kappa shape index (κ2) is 10.2. The number of primary amides is 1. The van der Waals surface area contributed by atoms with Crippen LogP contribution in [0.1, 0.15) is 22.2 Å². The summed E-state index contributed by atoms with van der Waals surface area (Å²) in [5.74, 6) is 0.190. The lowest BCUT2D eigenvalue weighted by Gasteiger charge is -2.32. The lowest BCUT2D eigenvalue weighted by atomic mass is 10.0. The van der Waals surface area contributed by atoms with Crippen molar-refractivity contribution >= 4 is 17.5 Å². The quantitative estimate of drug-likeness (QED) is 0.578. The van der Waals surface area contributed by atoms with Crippen LogP contribution in [0.5, 0.6) is 5.75 Å². The van der Waals surface area contributed by atoms with Crippen LogP contribution in [0.25, 0.3) is 11.1 Å². The van der Waals surface area contributed by atoms with Crippen LogP contribution in [-0.2, 0) is 9.53 Å². The molecular weight excluding hydrogens is 420 g/mol. The Hall–Kier alpha value is -3.75. The van der Waals surface area contributed by atoms with Gasteiger partial charge in [0, 0.05) is 36.1 Å². The van der Waals surface area contributed by atoms with Gasteiger partial charge < -0.3 is 20.5 Å². The van der Waals surface area contributed by atoms with Crippen LogP contribution in [0.4, 0.5) is 5.69 Å². The molecule has 4 rings (SSSR count). The minimum absolute atomic E-state index is 0.0848. The van der Waals surface area contributed by atoms with Crippen LogP contribution in [0.2, 0.25) is 0 Å². The summed E-state index contributed by atoms with van der Waals surface area (Å²) in [7, 11) is 1.60. The van der Waals surface area contributed by atoms with Crippen molar-refractivity contribution in [3.8, 4) is 16.9 Å². The van der Waals surface area contributed by atoms with E-state index in [1.165, 1.54) is 0 Å². The lowest BCUT2D eigenvalue weighted by Crippen LogP contribution is -2.42. The number of nitrogens with zero attached hydrogens (tertiary/aromatic N) is 2. The summed E-state index contributed by atoms with van der Waals surface area (Å²) in [4.78, 5) is 30.5. The maximum Gasteiger partial charge on any atom is 0.248 e. The summed E-state index contributed by atoms with van der Waals surface area (Å²) < 4.78 is 11.0. The molecule has 8 nitrogen and oxygen atoms in total. The Balaban J connectivity index is 1.36. The SMILES string of the molecule is COc1ccc(NC(=O)CN2CCO[C@H](c3ccc(-c4cccc(C(N)=O)c4)cn3)C2)cc1. The minimum Gasteiger partial charge on any atom is -0.497 e. The first kappa shape index (κ1) is 22.4. The van der Waals surface area contributed by atoms with Crippen molar-refractivity contribution in [2.45, 2.75) is 6.10 Å². The number of nitrogens with two attached hydrogens (primary N) is 1. The third kappa shape index (κ3) is 5.74. The van der Waals surface area contributed by atoms with E-state index >= 15 is 0 Å². The van der Waals surface area contributed by atoms with E-state index in [0.29, 0.717) is 25.3 Å². The maximum absolute atomic E-state index is 12.5.